The van der Waals surface area contributed by atoms with E-state index in [4.69, 9.17) is 33.2 Å². The van der Waals surface area contributed by atoms with Crippen molar-refractivity contribution < 1.29 is 38.0 Å². The van der Waals surface area contributed by atoms with Crippen LogP contribution in [-0.2, 0) is 38.0 Å². The first kappa shape index (κ1) is 26.6. The molecule has 0 heterocycles. The zero-order chi connectivity index (χ0) is 24.2. The van der Waals surface area contributed by atoms with E-state index in [2.05, 4.69) is 6.58 Å². The van der Waals surface area contributed by atoms with Gasteiger partial charge in [0.1, 0.15) is 19.2 Å². The van der Waals surface area contributed by atoms with Gasteiger partial charge in [-0.05, 0) is 58.8 Å². The van der Waals surface area contributed by atoms with E-state index >= 15 is 0 Å². The lowest BCUT2D eigenvalue weighted by atomic mass is 9.42. The second-order valence-electron chi connectivity index (χ2n) is 10.7. The maximum absolute atomic E-state index is 12.5. The van der Waals surface area contributed by atoms with Gasteiger partial charge >= 0.3 is 5.97 Å². The number of methoxy groups -OCH3 is 2. The lowest BCUT2D eigenvalue weighted by Gasteiger charge is -2.68. The van der Waals surface area contributed by atoms with Crippen LogP contribution in [0, 0.1) is 11.3 Å². The third kappa shape index (κ3) is 5.97. The van der Waals surface area contributed by atoms with E-state index in [0.717, 1.165) is 38.5 Å². The van der Waals surface area contributed by atoms with Gasteiger partial charge in [-0.3, -0.25) is 0 Å². The molecule has 8 heteroatoms. The molecule has 0 N–H and O–H groups in total. The van der Waals surface area contributed by atoms with Crippen LogP contribution < -0.4 is 0 Å². The molecule has 2 unspecified atom stereocenters. The highest BCUT2D eigenvalue weighted by Gasteiger charge is 2.69. The molecule has 4 rings (SSSR count). The van der Waals surface area contributed by atoms with E-state index in [1.807, 2.05) is 13.8 Å². The first-order chi connectivity index (χ1) is 15.6. The molecule has 0 radical (unpaired) electrons. The van der Waals surface area contributed by atoms with Crippen LogP contribution in [0.3, 0.4) is 0 Å². The van der Waals surface area contributed by atoms with Crippen LogP contribution in [0.1, 0.15) is 59.3 Å². The van der Waals surface area contributed by atoms with E-state index in [9.17, 15) is 4.79 Å². The average molecular weight is 471 g/mol. The summed E-state index contributed by atoms with van der Waals surface area (Å²) in [5, 5.41) is 0. The van der Waals surface area contributed by atoms with Crippen LogP contribution in [0.2, 0.25) is 0 Å². The van der Waals surface area contributed by atoms with Gasteiger partial charge < -0.3 is 33.2 Å². The summed E-state index contributed by atoms with van der Waals surface area (Å²) in [7, 11) is 3.30. The van der Waals surface area contributed by atoms with Gasteiger partial charge in [0.15, 0.2) is 0 Å². The summed E-state index contributed by atoms with van der Waals surface area (Å²) >= 11 is 0. The van der Waals surface area contributed by atoms with E-state index in [-0.39, 0.29) is 36.2 Å². The molecule has 4 aliphatic rings. The van der Waals surface area contributed by atoms with Gasteiger partial charge in [0, 0.05) is 31.6 Å². The minimum atomic E-state index is -0.695. The molecule has 0 amide bonds. The molecule has 8 nitrogen and oxygen atoms in total. The average Bonchev–Trinajstić information content (AvgIpc) is 2.72. The van der Waals surface area contributed by atoms with Gasteiger partial charge in [-0.15, -0.1) is 0 Å². The Morgan fingerprint density at radius 3 is 1.85 bits per heavy atom. The summed E-state index contributed by atoms with van der Waals surface area (Å²) in [5.41, 5.74) is -1.32. The molecule has 190 valence electrons. The van der Waals surface area contributed by atoms with Crippen molar-refractivity contribution in [2.24, 2.45) is 11.3 Å². The van der Waals surface area contributed by atoms with Crippen molar-refractivity contribution in [3.05, 3.63) is 12.2 Å². The maximum atomic E-state index is 12.5. The maximum Gasteiger partial charge on any atom is 0.333 e. The van der Waals surface area contributed by atoms with Crippen LogP contribution in [0.15, 0.2) is 12.2 Å². The van der Waals surface area contributed by atoms with Gasteiger partial charge in [-0.25, -0.2) is 4.79 Å². The highest BCUT2D eigenvalue weighted by atomic mass is 16.7. The summed E-state index contributed by atoms with van der Waals surface area (Å²) in [6.07, 6.45) is 5.29. The van der Waals surface area contributed by atoms with Crippen molar-refractivity contribution in [2.45, 2.75) is 76.1 Å². The Bertz CT molecular complexity index is 660. The monoisotopic (exact) mass is 470 g/mol. The summed E-state index contributed by atoms with van der Waals surface area (Å²) in [6.45, 7) is 11.9. The van der Waals surface area contributed by atoms with Crippen molar-refractivity contribution in [3.8, 4) is 0 Å². The second-order valence-corrected chi connectivity index (χ2v) is 10.7. The topological polar surface area (TPSA) is 81.7 Å². The molecular weight excluding hydrogens is 428 g/mol. The number of hydrogen-bond acceptors (Lipinski definition) is 8. The fourth-order valence-electron chi connectivity index (χ4n) is 6.42. The standard InChI is InChI=1S/C25H42O8/c1-19(2)21(26)33-22(3,4)23-11-20-12-24(14-23,31-17-29-9-7-27-5)16-25(13-20,15-23)32-18-30-10-8-28-6/h20H,1,7-18H2,2-6H3. The number of carbonyl (C=O) groups excluding carboxylic acids is 1. The first-order valence-electron chi connectivity index (χ1n) is 11.9. The molecule has 0 aliphatic heterocycles. The normalized spacial score (nSPS) is 32.8. The van der Waals surface area contributed by atoms with E-state index in [1.54, 1.807) is 21.1 Å². The SMILES string of the molecule is C=C(C)C(=O)OC(C)(C)C12CC3CC(OCOCCOC)(CC(OCOCCOC)(C3)C1)C2. The Hall–Kier alpha value is -1.03. The molecule has 4 fully saturated rings. The summed E-state index contributed by atoms with van der Waals surface area (Å²) in [4.78, 5) is 12.5. The summed E-state index contributed by atoms with van der Waals surface area (Å²) in [6, 6.07) is 0. The van der Waals surface area contributed by atoms with Gasteiger partial charge in [0.2, 0.25) is 0 Å². The first-order valence-corrected chi connectivity index (χ1v) is 11.9. The molecule has 4 bridgehead atoms. The van der Waals surface area contributed by atoms with Crippen LogP contribution in [0.4, 0.5) is 0 Å². The van der Waals surface area contributed by atoms with E-state index in [1.165, 1.54) is 0 Å². The highest BCUT2D eigenvalue weighted by molar-refractivity contribution is 5.87. The molecule has 0 saturated heterocycles. The third-order valence-electron chi connectivity index (χ3n) is 7.70. The predicted molar refractivity (Wildman–Crippen MR) is 122 cm³/mol. The fraction of sp³-hybridized carbons (Fsp3) is 0.880. The Morgan fingerprint density at radius 2 is 1.39 bits per heavy atom. The lowest BCUT2D eigenvalue weighted by Crippen LogP contribution is -2.69. The fourth-order valence-corrected chi connectivity index (χ4v) is 6.42. The highest BCUT2D eigenvalue weighted by Crippen LogP contribution is 2.68. The zero-order valence-corrected chi connectivity index (χ0v) is 21.0. The number of hydrogen-bond donors (Lipinski definition) is 0. The Balaban J connectivity index is 1.80. The van der Waals surface area contributed by atoms with Gasteiger partial charge in [-0.2, -0.15) is 0 Å². The Labute approximate surface area is 198 Å². The molecule has 0 aromatic rings. The van der Waals surface area contributed by atoms with Crippen molar-refractivity contribution in [2.75, 3.05) is 54.2 Å². The predicted octanol–water partition coefficient (Wildman–Crippen LogP) is 3.62. The Morgan fingerprint density at radius 1 is 0.879 bits per heavy atom. The Kier molecular flexibility index (Phi) is 8.62. The zero-order valence-electron chi connectivity index (χ0n) is 21.0. The third-order valence-corrected chi connectivity index (χ3v) is 7.70. The van der Waals surface area contributed by atoms with Gasteiger partial charge in [-0.1, -0.05) is 6.58 Å². The number of esters is 1. The number of rotatable bonds is 15. The largest absolute Gasteiger partial charge is 0.456 e. The van der Waals surface area contributed by atoms with Crippen molar-refractivity contribution in [1.82, 2.24) is 0 Å². The van der Waals surface area contributed by atoms with E-state index in [0.29, 0.717) is 37.9 Å². The van der Waals surface area contributed by atoms with Crippen molar-refractivity contribution in [3.63, 3.8) is 0 Å². The van der Waals surface area contributed by atoms with Crippen molar-refractivity contribution in [1.29, 1.82) is 0 Å². The van der Waals surface area contributed by atoms with Crippen LogP contribution in [0.5, 0.6) is 0 Å². The van der Waals surface area contributed by atoms with Crippen LogP contribution >= 0.6 is 0 Å². The molecule has 0 aromatic heterocycles. The number of ether oxygens (including phenoxy) is 7. The minimum Gasteiger partial charge on any atom is -0.456 e. The van der Waals surface area contributed by atoms with Crippen molar-refractivity contribution >= 4 is 5.97 Å². The lowest BCUT2D eigenvalue weighted by molar-refractivity contribution is -0.316. The molecule has 0 aromatic carbocycles. The molecule has 0 spiro atoms. The summed E-state index contributed by atoms with van der Waals surface area (Å²) < 4.78 is 40.4. The minimum absolute atomic E-state index is 0.207. The molecule has 4 saturated carbocycles. The molecule has 2 atom stereocenters. The van der Waals surface area contributed by atoms with Gasteiger partial charge in [0.05, 0.1) is 37.6 Å². The smallest absolute Gasteiger partial charge is 0.333 e. The summed E-state index contributed by atoms with van der Waals surface area (Å²) in [5.74, 6) is 0.0634. The second kappa shape index (κ2) is 10.7. The molecule has 4 aliphatic carbocycles. The molecular formula is C25H42O8. The van der Waals surface area contributed by atoms with E-state index < -0.39 is 5.60 Å². The quantitative estimate of drug-likeness (QED) is 0.155. The molecule has 33 heavy (non-hydrogen) atoms. The van der Waals surface area contributed by atoms with Crippen LogP contribution in [-0.4, -0.2) is 77.0 Å². The number of carbonyl (C=O) groups is 1. The van der Waals surface area contributed by atoms with Gasteiger partial charge in [0.25, 0.3) is 0 Å². The van der Waals surface area contributed by atoms with Crippen LogP contribution in [0.25, 0.3) is 0 Å².